The zero-order valence-electron chi connectivity index (χ0n) is 11.1. The van der Waals surface area contributed by atoms with Crippen LogP contribution in [0.3, 0.4) is 0 Å². The van der Waals surface area contributed by atoms with Crippen LogP contribution >= 0.6 is 23.2 Å². The molecule has 0 aromatic heterocycles. The summed E-state index contributed by atoms with van der Waals surface area (Å²) in [4.78, 5) is 10.5. The van der Waals surface area contributed by atoms with Gasteiger partial charge in [-0.15, -0.1) is 0 Å². The smallest absolute Gasteiger partial charge is 0.292 e. The van der Waals surface area contributed by atoms with E-state index in [4.69, 9.17) is 27.9 Å². The number of methoxy groups -OCH3 is 1. The van der Waals surface area contributed by atoms with Crippen molar-refractivity contribution in [2.24, 2.45) is 0 Å². The predicted molar refractivity (Wildman–Crippen MR) is 83.4 cm³/mol. The standard InChI is InChI=1S/C14H12Cl2N2O3/c1-21-14-10(15)6-9(7-11(14)16)8-17-12-4-2-3-5-13(12)18(19)20/h2-7,17H,8H2,1H3. The molecule has 0 unspecified atom stereocenters. The minimum absolute atomic E-state index is 0.0169. The Kier molecular flexibility index (Phi) is 4.88. The first kappa shape index (κ1) is 15.4. The molecule has 2 aromatic carbocycles. The molecule has 2 aromatic rings. The number of ether oxygens (including phenoxy) is 1. The third kappa shape index (κ3) is 3.56. The number of nitro groups is 1. The molecule has 0 radical (unpaired) electrons. The zero-order chi connectivity index (χ0) is 15.4. The first-order valence-electron chi connectivity index (χ1n) is 6.02. The summed E-state index contributed by atoms with van der Waals surface area (Å²) in [6.07, 6.45) is 0. The van der Waals surface area contributed by atoms with E-state index in [1.165, 1.54) is 13.2 Å². The number of hydrogen-bond acceptors (Lipinski definition) is 4. The molecule has 0 amide bonds. The Labute approximate surface area is 131 Å². The van der Waals surface area contributed by atoms with Crippen molar-refractivity contribution in [1.82, 2.24) is 0 Å². The molecule has 1 N–H and O–H groups in total. The highest BCUT2D eigenvalue weighted by molar-refractivity contribution is 6.37. The summed E-state index contributed by atoms with van der Waals surface area (Å²) < 4.78 is 5.07. The lowest BCUT2D eigenvalue weighted by atomic mass is 10.2. The second-order valence-electron chi connectivity index (χ2n) is 4.22. The van der Waals surface area contributed by atoms with Gasteiger partial charge in [0.1, 0.15) is 5.69 Å². The quantitative estimate of drug-likeness (QED) is 0.648. The lowest BCUT2D eigenvalue weighted by Crippen LogP contribution is -2.03. The molecule has 0 saturated carbocycles. The van der Waals surface area contributed by atoms with E-state index in [0.29, 0.717) is 28.0 Å². The van der Waals surface area contributed by atoms with Crippen LogP contribution in [0, 0.1) is 10.1 Å². The first-order chi connectivity index (χ1) is 10.0. The van der Waals surface area contributed by atoms with Gasteiger partial charge in [0.05, 0.1) is 22.1 Å². The summed E-state index contributed by atoms with van der Waals surface area (Å²) in [6.45, 7) is 0.355. The number of nitro benzene ring substituents is 1. The minimum atomic E-state index is -0.434. The highest BCUT2D eigenvalue weighted by Gasteiger charge is 2.13. The highest BCUT2D eigenvalue weighted by atomic mass is 35.5. The molecule has 0 bridgehead atoms. The maximum atomic E-state index is 10.9. The minimum Gasteiger partial charge on any atom is -0.494 e. The molecule has 7 heteroatoms. The van der Waals surface area contributed by atoms with Gasteiger partial charge in [-0.2, -0.15) is 0 Å². The third-order valence-corrected chi connectivity index (χ3v) is 3.41. The van der Waals surface area contributed by atoms with Gasteiger partial charge in [-0.25, -0.2) is 0 Å². The van der Waals surface area contributed by atoms with Gasteiger partial charge < -0.3 is 10.1 Å². The fourth-order valence-corrected chi connectivity index (χ4v) is 2.58. The van der Waals surface area contributed by atoms with Crippen LogP contribution in [0.15, 0.2) is 36.4 Å². The summed E-state index contributed by atoms with van der Waals surface area (Å²) in [5.41, 5.74) is 1.25. The van der Waals surface area contributed by atoms with Crippen molar-refractivity contribution in [3.05, 3.63) is 62.1 Å². The van der Waals surface area contributed by atoms with E-state index in [9.17, 15) is 10.1 Å². The number of rotatable bonds is 5. The second-order valence-corrected chi connectivity index (χ2v) is 5.03. The largest absolute Gasteiger partial charge is 0.494 e. The van der Waals surface area contributed by atoms with E-state index >= 15 is 0 Å². The van der Waals surface area contributed by atoms with Crippen LogP contribution in [0.4, 0.5) is 11.4 Å². The number of nitrogens with one attached hydrogen (secondary N) is 1. The number of anilines is 1. The first-order valence-corrected chi connectivity index (χ1v) is 6.77. The monoisotopic (exact) mass is 326 g/mol. The topological polar surface area (TPSA) is 64.4 Å². The third-order valence-electron chi connectivity index (χ3n) is 2.85. The molecule has 0 aliphatic rings. The van der Waals surface area contributed by atoms with Crippen molar-refractivity contribution in [2.75, 3.05) is 12.4 Å². The van der Waals surface area contributed by atoms with Crippen molar-refractivity contribution in [3.8, 4) is 5.75 Å². The molecule has 0 fully saturated rings. The number of benzene rings is 2. The number of para-hydroxylation sites is 2. The van der Waals surface area contributed by atoms with Gasteiger partial charge in [0.2, 0.25) is 0 Å². The van der Waals surface area contributed by atoms with Gasteiger partial charge >= 0.3 is 0 Å². The fourth-order valence-electron chi connectivity index (χ4n) is 1.89. The molecule has 2 rings (SSSR count). The highest BCUT2D eigenvalue weighted by Crippen LogP contribution is 2.34. The molecule has 5 nitrogen and oxygen atoms in total. The Balaban J connectivity index is 2.19. The fraction of sp³-hybridized carbons (Fsp3) is 0.143. The second kappa shape index (κ2) is 6.65. The van der Waals surface area contributed by atoms with Crippen LogP contribution in [0.25, 0.3) is 0 Å². The van der Waals surface area contributed by atoms with E-state index in [-0.39, 0.29) is 5.69 Å². The molecule has 0 aliphatic carbocycles. The summed E-state index contributed by atoms with van der Waals surface area (Å²) in [7, 11) is 1.48. The Morgan fingerprint density at radius 3 is 2.43 bits per heavy atom. The van der Waals surface area contributed by atoms with Crippen LogP contribution in [0.2, 0.25) is 10.0 Å². The Bertz CT molecular complexity index is 654. The van der Waals surface area contributed by atoms with Crippen molar-refractivity contribution >= 4 is 34.6 Å². The van der Waals surface area contributed by atoms with E-state index in [1.807, 2.05) is 0 Å². The molecule has 0 aliphatic heterocycles. The summed E-state index contributed by atoms with van der Waals surface area (Å²) >= 11 is 12.1. The predicted octanol–water partition coefficient (Wildman–Crippen LogP) is 4.52. The molecule has 110 valence electrons. The van der Waals surface area contributed by atoms with E-state index in [1.54, 1.807) is 30.3 Å². The Morgan fingerprint density at radius 1 is 1.24 bits per heavy atom. The van der Waals surface area contributed by atoms with Crippen LogP contribution < -0.4 is 10.1 Å². The van der Waals surface area contributed by atoms with Crippen molar-refractivity contribution in [3.63, 3.8) is 0 Å². The Morgan fingerprint density at radius 2 is 1.86 bits per heavy atom. The van der Waals surface area contributed by atoms with Crippen LogP contribution in [-0.2, 0) is 6.54 Å². The molecule has 21 heavy (non-hydrogen) atoms. The van der Waals surface area contributed by atoms with E-state index < -0.39 is 4.92 Å². The number of hydrogen-bond donors (Lipinski definition) is 1. The molecule has 0 spiro atoms. The maximum Gasteiger partial charge on any atom is 0.292 e. The number of nitrogens with zero attached hydrogens (tertiary/aromatic N) is 1. The average molecular weight is 327 g/mol. The number of halogens is 2. The zero-order valence-corrected chi connectivity index (χ0v) is 12.6. The summed E-state index contributed by atoms with van der Waals surface area (Å²) in [5.74, 6) is 0.410. The van der Waals surface area contributed by atoms with Gasteiger partial charge in [0, 0.05) is 12.6 Å². The molecular formula is C14H12Cl2N2O3. The SMILES string of the molecule is COc1c(Cl)cc(CNc2ccccc2[N+](=O)[O-])cc1Cl. The van der Waals surface area contributed by atoms with Gasteiger partial charge in [-0.3, -0.25) is 10.1 Å². The lowest BCUT2D eigenvalue weighted by molar-refractivity contribution is -0.384. The van der Waals surface area contributed by atoms with Crippen LogP contribution in [-0.4, -0.2) is 12.0 Å². The molecular weight excluding hydrogens is 315 g/mol. The molecule has 0 saturated heterocycles. The average Bonchev–Trinajstić information content (AvgIpc) is 2.45. The summed E-state index contributed by atoms with van der Waals surface area (Å²) in [6, 6.07) is 9.83. The summed E-state index contributed by atoms with van der Waals surface area (Å²) in [5, 5.41) is 14.7. The maximum absolute atomic E-state index is 10.9. The van der Waals surface area contributed by atoms with Crippen LogP contribution in [0.5, 0.6) is 5.75 Å². The lowest BCUT2D eigenvalue weighted by Gasteiger charge is -2.10. The van der Waals surface area contributed by atoms with Crippen molar-refractivity contribution in [2.45, 2.75) is 6.54 Å². The Hall–Kier alpha value is -1.98. The van der Waals surface area contributed by atoms with Crippen LogP contribution in [0.1, 0.15) is 5.56 Å². The van der Waals surface area contributed by atoms with Crippen molar-refractivity contribution < 1.29 is 9.66 Å². The normalized spacial score (nSPS) is 10.2. The van der Waals surface area contributed by atoms with Crippen molar-refractivity contribution in [1.29, 1.82) is 0 Å². The van der Waals surface area contributed by atoms with Gasteiger partial charge in [-0.1, -0.05) is 35.3 Å². The van der Waals surface area contributed by atoms with Gasteiger partial charge in [-0.05, 0) is 23.8 Å². The van der Waals surface area contributed by atoms with E-state index in [2.05, 4.69) is 5.32 Å². The molecule has 0 heterocycles. The molecule has 0 atom stereocenters. The van der Waals surface area contributed by atoms with E-state index in [0.717, 1.165) is 5.56 Å². The van der Waals surface area contributed by atoms with Gasteiger partial charge in [0.15, 0.2) is 5.75 Å². The van der Waals surface area contributed by atoms with Gasteiger partial charge in [0.25, 0.3) is 5.69 Å².